The van der Waals surface area contributed by atoms with Crippen molar-refractivity contribution in [1.29, 1.82) is 0 Å². The zero-order valence-corrected chi connectivity index (χ0v) is 20.2. The van der Waals surface area contributed by atoms with E-state index in [1.807, 2.05) is 6.07 Å². The summed E-state index contributed by atoms with van der Waals surface area (Å²) in [5.74, 6) is -1.39. The van der Waals surface area contributed by atoms with E-state index in [4.69, 9.17) is 5.73 Å². The summed E-state index contributed by atoms with van der Waals surface area (Å²) >= 11 is 0.989. The fraction of sp³-hybridized carbons (Fsp3) is 0.423. The summed E-state index contributed by atoms with van der Waals surface area (Å²) in [7, 11) is 0. The molecule has 184 valence electrons. The van der Waals surface area contributed by atoms with Gasteiger partial charge in [-0.25, -0.2) is 13.8 Å². The molecule has 3 aromatic rings. The number of rotatable bonds is 5. The number of thiazole rings is 1. The van der Waals surface area contributed by atoms with Gasteiger partial charge in [0.2, 0.25) is 0 Å². The summed E-state index contributed by atoms with van der Waals surface area (Å²) < 4.78 is 29.7. The number of benzene rings is 1. The Morgan fingerprint density at radius 1 is 1.23 bits per heavy atom. The highest BCUT2D eigenvalue weighted by Crippen LogP contribution is 2.43. The van der Waals surface area contributed by atoms with Crippen LogP contribution in [0, 0.1) is 17.6 Å². The first kappa shape index (κ1) is 24.0. The van der Waals surface area contributed by atoms with Crippen LogP contribution in [0.15, 0.2) is 36.0 Å². The lowest BCUT2D eigenvalue weighted by molar-refractivity contribution is -0.0392. The van der Waals surface area contributed by atoms with E-state index in [0.717, 1.165) is 54.7 Å². The largest absolute Gasteiger partial charge is 0.385 e. The predicted molar refractivity (Wildman–Crippen MR) is 131 cm³/mol. The lowest BCUT2D eigenvalue weighted by Crippen LogP contribution is -2.33. The number of aromatic nitrogens is 2. The zero-order valence-electron chi connectivity index (χ0n) is 19.4. The summed E-state index contributed by atoms with van der Waals surface area (Å²) in [6.45, 7) is 2.18. The van der Waals surface area contributed by atoms with Crippen molar-refractivity contribution in [3.8, 4) is 10.6 Å². The second-order valence-electron chi connectivity index (χ2n) is 9.92. The molecule has 0 aliphatic heterocycles. The third kappa shape index (κ3) is 4.72. The standard InChI is InChI=1S/C26H28F2N4O2S/c1-14-7-15(9-17(29)8-14)18-3-6-30-12-21(18)31-24(33)22-13-35-25(32-22)23-19(27)10-16(11-20(23)28)26(34)4-2-5-26/h3,6,10-15,17,34H,2,4-5,7-9,29H2,1H3,(H,31,33). The van der Waals surface area contributed by atoms with Crippen molar-refractivity contribution in [3.05, 3.63) is 64.4 Å². The smallest absolute Gasteiger partial charge is 0.275 e. The van der Waals surface area contributed by atoms with E-state index in [-0.39, 0.29) is 33.8 Å². The lowest BCUT2D eigenvalue weighted by Gasteiger charge is -2.37. The van der Waals surface area contributed by atoms with E-state index in [9.17, 15) is 18.7 Å². The predicted octanol–water partition coefficient (Wildman–Crippen LogP) is 5.34. The molecular formula is C26H28F2N4O2S. The first-order valence-electron chi connectivity index (χ1n) is 11.9. The van der Waals surface area contributed by atoms with Gasteiger partial charge >= 0.3 is 0 Å². The normalized spacial score (nSPS) is 23.5. The van der Waals surface area contributed by atoms with Crippen molar-refractivity contribution < 1.29 is 18.7 Å². The van der Waals surface area contributed by atoms with Gasteiger partial charge in [-0.05, 0) is 79.7 Å². The average Bonchev–Trinajstić information content (AvgIpc) is 3.26. The Balaban J connectivity index is 1.37. The van der Waals surface area contributed by atoms with Crippen LogP contribution in [0.25, 0.3) is 10.6 Å². The minimum atomic E-state index is -1.17. The van der Waals surface area contributed by atoms with Gasteiger partial charge < -0.3 is 16.2 Å². The lowest BCUT2D eigenvalue weighted by atomic mass is 9.75. The van der Waals surface area contributed by atoms with Gasteiger partial charge in [-0.3, -0.25) is 9.78 Å². The Hall–Kier alpha value is -2.75. The van der Waals surface area contributed by atoms with E-state index in [0.29, 0.717) is 24.4 Å². The number of hydrogen-bond acceptors (Lipinski definition) is 6. The molecule has 2 aliphatic rings. The molecule has 1 aromatic carbocycles. The SMILES string of the molecule is CC1CC(N)CC(c2ccncc2NC(=O)c2csc(-c3c(F)cc(C4(O)CCC4)cc3F)n2)C1. The zero-order chi connectivity index (χ0) is 24.7. The van der Waals surface area contributed by atoms with Crippen LogP contribution in [0.2, 0.25) is 0 Å². The van der Waals surface area contributed by atoms with Crippen LogP contribution in [-0.2, 0) is 5.60 Å². The van der Waals surface area contributed by atoms with Gasteiger partial charge in [-0.15, -0.1) is 11.3 Å². The Morgan fingerprint density at radius 2 is 1.97 bits per heavy atom. The van der Waals surface area contributed by atoms with Crippen molar-refractivity contribution >= 4 is 22.9 Å². The van der Waals surface area contributed by atoms with Gasteiger partial charge in [-0.1, -0.05) is 6.92 Å². The summed E-state index contributed by atoms with van der Waals surface area (Å²) in [4.78, 5) is 21.4. The highest BCUT2D eigenvalue weighted by atomic mass is 32.1. The summed E-state index contributed by atoms with van der Waals surface area (Å²) in [6, 6.07) is 4.34. The van der Waals surface area contributed by atoms with Crippen molar-refractivity contribution in [2.75, 3.05) is 5.32 Å². The minimum absolute atomic E-state index is 0.0639. The van der Waals surface area contributed by atoms with Crippen molar-refractivity contribution in [2.45, 2.75) is 63.0 Å². The first-order chi connectivity index (χ1) is 16.7. The molecule has 9 heteroatoms. The summed E-state index contributed by atoms with van der Waals surface area (Å²) in [5.41, 5.74) is 6.63. The molecule has 2 fully saturated rings. The van der Waals surface area contributed by atoms with Crippen LogP contribution >= 0.6 is 11.3 Å². The minimum Gasteiger partial charge on any atom is -0.385 e. The van der Waals surface area contributed by atoms with Crippen molar-refractivity contribution in [1.82, 2.24) is 9.97 Å². The molecule has 0 radical (unpaired) electrons. The van der Waals surface area contributed by atoms with Crippen LogP contribution in [0.4, 0.5) is 14.5 Å². The number of anilines is 1. The molecule has 2 aliphatic carbocycles. The van der Waals surface area contributed by atoms with Gasteiger partial charge in [-0.2, -0.15) is 0 Å². The number of nitrogens with zero attached hydrogens (tertiary/aromatic N) is 2. The Kier molecular flexibility index (Phi) is 6.41. The maximum atomic E-state index is 14.9. The number of hydrogen-bond donors (Lipinski definition) is 3. The van der Waals surface area contributed by atoms with E-state index >= 15 is 0 Å². The number of nitrogens with one attached hydrogen (secondary N) is 1. The van der Waals surface area contributed by atoms with Crippen molar-refractivity contribution in [3.63, 3.8) is 0 Å². The number of aliphatic hydroxyl groups is 1. The molecule has 2 aromatic heterocycles. The second-order valence-corrected chi connectivity index (χ2v) is 10.8. The summed E-state index contributed by atoms with van der Waals surface area (Å²) in [5, 5.41) is 14.9. The molecule has 5 rings (SSSR count). The Morgan fingerprint density at radius 3 is 2.63 bits per heavy atom. The fourth-order valence-electron chi connectivity index (χ4n) is 5.30. The molecule has 2 saturated carbocycles. The van der Waals surface area contributed by atoms with Gasteiger partial charge in [0.25, 0.3) is 5.91 Å². The van der Waals surface area contributed by atoms with E-state index in [2.05, 4.69) is 22.2 Å². The van der Waals surface area contributed by atoms with E-state index in [1.165, 1.54) is 5.38 Å². The monoisotopic (exact) mass is 498 g/mol. The molecule has 3 atom stereocenters. The number of amides is 1. The average molecular weight is 499 g/mol. The quantitative estimate of drug-likeness (QED) is 0.441. The number of carbonyl (C=O) groups is 1. The van der Waals surface area contributed by atoms with Crippen LogP contribution < -0.4 is 11.1 Å². The highest BCUT2D eigenvalue weighted by molar-refractivity contribution is 7.13. The van der Waals surface area contributed by atoms with Gasteiger partial charge in [0.1, 0.15) is 22.3 Å². The fourth-order valence-corrected chi connectivity index (χ4v) is 6.15. The third-order valence-electron chi connectivity index (χ3n) is 7.23. The maximum Gasteiger partial charge on any atom is 0.275 e. The number of nitrogens with two attached hydrogens (primary N) is 1. The molecule has 2 heterocycles. The maximum absolute atomic E-state index is 14.9. The van der Waals surface area contributed by atoms with Crippen LogP contribution in [0.3, 0.4) is 0 Å². The van der Waals surface area contributed by atoms with Gasteiger partial charge in [0.05, 0.1) is 23.0 Å². The van der Waals surface area contributed by atoms with Gasteiger partial charge in [0.15, 0.2) is 0 Å². The number of pyridine rings is 1. The topological polar surface area (TPSA) is 101 Å². The van der Waals surface area contributed by atoms with Gasteiger partial charge in [0, 0.05) is 17.6 Å². The van der Waals surface area contributed by atoms with Crippen LogP contribution in [-0.4, -0.2) is 27.0 Å². The molecule has 3 unspecified atom stereocenters. The van der Waals surface area contributed by atoms with E-state index in [1.54, 1.807) is 12.4 Å². The molecule has 0 saturated heterocycles. The Bertz CT molecular complexity index is 1230. The number of halogens is 2. The van der Waals surface area contributed by atoms with E-state index < -0.39 is 23.1 Å². The molecule has 0 spiro atoms. The van der Waals surface area contributed by atoms with Crippen LogP contribution in [0.1, 0.15) is 73.0 Å². The third-order valence-corrected chi connectivity index (χ3v) is 8.09. The highest BCUT2D eigenvalue weighted by Gasteiger charge is 2.37. The molecule has 4 N–H and O–H groups in total. The molecular weight excluding hydrogens is 470 g/mol. The van der Waals surface area contributed by atoms with Crippen LogP contribution in [0.5, 0.6) is 0 Å². The Labute approximate surface area is 206 Å². The number of carbonyl (C=O) groups excluding carboxylic acids is 1. The molecule has 35 heavy (non-hydrogen) atoms. The molecule has 0 bridgehead atoms. The summed E-state index contributed by atoms with van der Waals surface area (Å²) in [6.07, 6.45) is 7.88. The molecule has 1 amide bonds. The van der Waals surface area contributed by atoms with Crippen molar-refractivity contribution in [2.24, 2.45) is 11.7 Å². The first-order valence-corrected chi connectivity index (χ1v) is 12.8. The molecule has 6 nitrogen and oxygen atoms in total. The second kappa shape index (κ2) is 9.37.